The van der Waals surface area contributed by atoms with E-state index >= 15 is 0 Å². The maximum Gasteiger partial charge on any atom is 0.191 e. The molecule has 0 N–H and O–H groups in total. The molecule has 0 aliphatic carbocycles. The summed E-state index contributed by atoms with van der Waals surface area (Å²) in [7, 11) is 0. The molecular weight excluding hydrogens is 458 g/mol. The Morgan fingerprint density at radius 2 is 1.30 bits per heavy atom. The average Bonchev–Trinajstić information content (AvgIpc) is 3.28. The third kappa shape index (κ3) is 5.07. The molecule has 5 rings (SSSR count). The summed E-state index contributed by atoms with van der Waals surface area (Å²) in [5.41, 5.74) is 3.63. The maximum atomic E-state index is 13.3. The molecule has 4 nitrogen and oxygen atoms in total. The van der Waals surface area contributed by atoms with Gasteiger partial charge in [0, 0.05) is 11.5 Å². The lowest BCUT2D eigenvalue weighted by molar-refractivity contribution is 0.627. The van der Waals surface area contributed by atoms with Crippen LogP contribution in [0.5, 0.6) is 0 Å². The van der Waals surface area contributed by atoms with Gasteiger partial charge in [0.05, 0.1) is 17.3 Å². The van der Waals surface area contributed by atoms with Crippen LogP contribution in [-0.2, 0) is 11.5 Å². The molecule has 0 fully saturated rings. The Labute approximate surface area is 198 Å². The Kier molecular flexibility index (Phi) is 6.37. The first kappa shape index (κ1) is 21.6. The van der Waals surface area contributed by atoms with Gasteiger partial charge < -0.3 is 0 Å². The van der Waals surface area contributed by atoms with Crippen LogP contribution in [0.2, 0.25) is 0 Å². The van der Waals surface area contributed by atoms with Gasteiger partial charge in [-0.2, -0.15) is 5.10 Å². The van der Waals surface area contributed by atoms with E-state index in [4.69, 9.17) is 9.97 Å². The van der Waals surface area contributed by atoms with Crippen molar-refractivity contribution in [3.05, 3.63) is 108 Å². The quantitative estimate of drug-likeness (QED) is 0.149. The summed E-state index contributed by atoms with van der Waals surface area (Å²) < 4.78 is 28.3. The first-order chi connectivity index (χ1) is 16.2. The molecule has 0 aliphatic heterocycles. The summed E-state index contributed by atoms with van der Waals surface area (Å²) in [4.78, 5) is 9.57. The normalized spacial score (nSPS) is 11.2. The van der Waals surface area contributed by atoms with E-state index in [1.807, 2.05) is 30.3 Å². The van der Waals surface area contributed by atoms with E-state index in [0.29, 0.717) is 16.7 Å². The van der Waals surface area contributed by atoms with Gasteiger partial charge >= 0.3 is 0 Å². The lowest BCUT2D eigenvalue weighted by atomic mass is 10.2. The number of hydrogen-bond acceptors (Lipinski definition) is 5. The molecule has 0 aliphatic rings. The van der Waals surface area contributed by atoms with Gasteiger partial charge in [0.25, 0.3) is 0 Å². The van der Waals surface area contributed by atoms with Crippen molar-refractivity contribution in [2.24, 2.45) is 0 Å². The molecule has 0 unspecified atom stereocenters. The molecule has 0 saturated heterocycles. The number of hydrogen-bond donors (Lipinski definition) is 0. The highest BCUT2D eigenvalue weighted by Crippen LogP contribution is 2.32. The van der Waals surface area contributed by atoms with Crippen LogP contribution in [0.25, 0.3) is 16.7 Å². The zero-order chi connectivity index (χ0) is 22.6. The predicted molar refractivity (Wildman–Crippen MR) is 129 cm³/mol. The Hall–Kier alpha value is -3.23. The Bertz CT molecular complexity index is 1370. The van der Waals surface area contributed by atoms with Crippen molar-refractivity contribution in [2.45, 2.75) is 21.7 Å². The number of thioether (sulfide) groups is 2. The Balaban J connectivity index is 1.48. The highest BCUT2D eigenvalue weighted by Gasteiger charge is 2.15. The fraction of sp³-hybridized carbons (Fsp3) is 0.0800. The maximum absolute atomic E-state index is 13.3. The molecule has 33 heavy (non-hydrogen) atoms. The fourth-order valence-corrected chi connectivity index (χ4v) is 5.06. The summed E-state index contributed by atoms with van der Waals surface area (Å²) >= 11 is 3.06. The summed E-state index contributed by atoms with van der Waals surface area (Å²) in [5.74, 6) is 0.752. The van der Waals surface area contributed by atoms with E-state index in [9.17, 15) is 8.78 Å². The molecule has 8 heteroatoms. The first-order valence-corrected chi connectivity index (χ1v) is 12.2. The molecule has 0 bridgehead atoms. The topological polar surface area (TPSA) is 43.6 Å². The van der Waals surface area contributed by atoms with Gasteiger partial charge in [0.15, 0.2) is 10.8 Å². The van der Waals surface area contributed by atoms with Crippen LogP contribution < -0.4 is 0 Å². The third-order valence-electron chi connectivity index (χ3n) is 4.94. The number of para-hydroxylation sites is 1. The van der Waals surface area contributed by atoms with Gasteiger partial charge in [-0.25, -0.2) is 23.4 Å². The number of benzene rings is 3. The van der Waals surface area contributed by atoms with Crippen molar-refractivity contribution in [1.82, 2.24) is 19.7 Å². The molecule has 164 valence electrons. The molecule has 2 heterocycles. The van der Waals surface area contributed by atoms with Crippen molar-refractivity contribution in [2.75, 3.05) is 0 Å². The van der Waals surface area contributed by atoms with Gasteiger partial charge in [-0.3, -0.25) is 0 Å². The molecule has 2 aromatic heterocycles. The van der Waals surface area contributed by atoms with Crippen molar-refractivity contribution < 1.29 is 8.78 Å². The van der Waals surface area contributed by atoms with Gasteiger partial charge in [0.2, 0.25) is 0 Å². The number of halogens is 2. The van der Waals surface area contributed by atoms with Crippen LogP contribution in [0, 0.1) is 11.6 Å². The summed E-state index contributed by atoms with van der Waals surface area (Å²) in [6, 6.07) is 22.7. The molecular formula is C25H18F2N4S2. The smallest absolute Gasteiger partial charge is 0.191 e. The largest absolute Gasteiger partial charge is 0.215 e. The molecule has 0 radical (unpaired) electrons. The second-order valence-electron chi connectivity index (χ2n) is 7.27. The van der Waals surface area contributed by atoms with Crippen LogP contribution in [0.1, 0.15) is 11.1 Å². The SMILES string of the molecule is Fc1ccc(CSc2nc(SCc3ccc(F)cc3)c3cnn(-c4ccccc4)c3n2)cc1. The lowest BCUT2D eigenvalue weighted by Gasteiger charge is -2.08. The van der Waals surface area contributed by atoms with E-state index in [0.717, 1.165) is 32.9 Å². The zero-order valence-corrected chi connectivity index (χ0v) is 19.0. The minimum absolute atomic E-state index is 0.253. The van der Waals surface area contributed by atoms with E-state index in [1.54, 1.807) is 46.9 Å². The van der Waals surface area contributed by atoms with Crippen LogP contribution in [0.15, 0.2) is 95.2 Å². The molecule has 0 spiro atoms. The first-order valence-electron chi connectivity index (χ1n) is 10.2. The minimum Gasteiger partial charge on any atom is -0.215 e. The number of aromatic nitrogens is 4. The van der Waals surface area contributed by atoms with Crippen molar-refractivity contribution in [1.29, 1.82) is 0 Å². The van der Waals surface area contributed by atoms with Crippen molar-refractivity contribution in [3.8, 4) is 5.69 Å². The zero-order valence-electron chi connectivity index (χ0n) is 17.4. The lowest BCUT2D eigenvalue weighted by Crippen LogP contribution is -2.00. The van der Waals surface area contributed by atoms with Crippen LogP contribution in [0.3, 0.4) is 0 Å². The van der Waals surface area contributed by atoms with Gasteiger partial charge in [-0.05, 0) is 47.5 Å². The Morgan fingerprint density at radius 1 is 0.697 bits per heavy atom. The minimum atomic E-state index is -0.257. The second-order valence-corrected chi connectivity index (χ2v) is 9.18. The summed E-state index contributed by atoms with van der Waals surface area (Å²) in [6.45, 7) is 0. The molecule has 0 atom stereocenters. The van der Waals surface area contributed by atoms with Crippen molar-refractivity contribution in [3.63, 3.8) is 0 Å². The van der Waals surface area contributed by atoms with Crippen LogP contribution in [-0.4, -0.2) is 19.7 Å². The highest BCUT2D eigenvalue weighted by molar-refractivity contribution is 7.99. The standard InChI is InChI=1S/C25H18F2N4S2/c26-19-10-6-17(7-11-19)15-32-24-22-14-28-31(21-4-2-1-3-5-21)23(22)29-25(30-24)33-16-18-8-12-20(27)13-9-18/h1-14H,15-16H2. The number of rotatable bonds is 7. The van der Waals surface area contributed by atoms with Crippen LogP contribution >= 0.6 is 23.5 Å². The van der Waals surface area contributed by atoms with Crippen molar-refractivity contribution >= 4 is 34.6 Å². The Morgan fingerprint density at radius 3 is 1.94 bits per heavy atom. The van der Waals surface area contributed by atoms with E-state index in [1.165, 1.54) is 36.0 Å². The molecule has 0 amide bonds. The average molecular weight is 477 g/mol. The third-order valence-corrected chi connectivity index (χ3v) is 6.92. The summed E-state index contributed by atoms with van der Waals surface area (Å²) in [6.07, 6.45) is 1.78. The second kappa shape index (κ2) is 9.72. The predicted octanol–water partition coefficient (Wildman–Crippen LogP) is 6.68. The fourth-order valence-electron chi connectivity index (χ4n) is 3.26. The molecule has 3 aromatic carbocycles. The van der Waals surface area contributed by atoms with Gasteiger partial charge in [0.1, 0.15) is 16.7 Å². The van der Waals surface area contributed by atoms with Crippen LogP contribution in [0.4, 0.5) is 8.78 Å². The van der Waals surface area contributed by atoms with Gasteiger partial charge in [-0.1, -0.05) is 54.2 Å². The van der Waals surface area contributed by atoms with E-state index in [2.05, 4.69) is 5.10 Å². The van der Waals surface area contributed by atoms with E-state index in [-0.39, 0.29) is 11.6 Å². The highest BCUT2D eigenvalue weighted by atomic mass is 32.2. The number of nitrogens with zero attached hydrogens (tertiary/aromatic N) is 4. The molecule has 0 saturated carbocycles. The summed E-state index contributed by atoms with van der Waals surface area (Å²) in [5, 5.41) is 6.85. The monoisotopic (exact) mass is 476 g/mol. The van der Waals surface area contributed by atoms with E-state index < -0.39 is 0 Å². The molecule has 5 aromatic rings. The number of fused-ring (bicyclic) bond motifs is 1. The van der Waals surface area contributed by atoms with Gasteiger partial charge in [-0.15, -0.1) is 11.8 Å².